The molecule has 0 heterocycles. The molecule has 0 aliphatic carbocycles. The van der Waals surface area contributed by atoms with Gasteiger partial charge in [0.15, 0.2) is 5.78 Å². The van der Waals surface area contributed by atoms with Gasteiger partial charge >= 0.3 is 0 Å². The minimum Gasteiger partial charge on any atom is -0.508 e. The van der Waals surface area contributed by atoms with E-state index < -0.39 is 0 Å². The van der Waals surface area contributed by atoms with Crippen molar-refractivity contribution in [1.82, 2.24) is 0 Å². The molecule has 0 unspecified atom stereocenters. The Morgan fingerprint density at radius 2 is 1.76 bits per heavy atom. The smallest absolute Gasteiger partial charge is 0.195 e. The van der Waals surface area contributed by atoms with Crippen molar-refractivity contribution in [3.63, 3.8) is 0 Å². The number of ketones is 1. The Labute approximate surface area is 107 Å². The highest BCUT2D eigenvalue weighted by molar-refractivity contribution is 9.10. The SMILES string of the molecule is Nc1ccc(O)cc1C(=O)c1ccc(Br)cc1. The number of hydrogen-bond donors (Lipinski definition) is 2. The number of carbonyl (C=O) groups excluding carboxylic acids is 1. The predicted octanol–water partition coefficient (Wildman–Crippen LogP) is 2.97. The van der Waals surface area contributed by atoms with Gasteiger partial charge in [0, 0.05) is 21.3 Å². The summed E-state index contributed by atoms with van der Waals surface area (Å²) in [5, 5.41) is 9.36. The average Bonchev–Trinajstić information content (AvgIpc) is 2.32. The molecule has 17 heavy (non-hydrogen) atoms. The highest BCUT2D eigenvalue weighted by atomic mass is 79.9. The van der Waals surface area contributed by atoms with Gasteiger partial charge < -0.3 is 10.8 Å². The van der Waals surface area contributed by atoms with Crippen LogP contribution in [0.25, 0.3) is 0 Å². The van der Waals surface area contributed by atoms with Crippen molar-refractivity contribution in [2.45, 2.75) is 0 Å². The lowest BCUT2D eigenvalue weighted by Gasteiger charge is -2.05. The molecular weight excluding hydrogens is 282 g/mol. The van der Waals surface area contributed by atoms with Crippen LogP contribution in [0.3, 0.4) is 0 Å². The lowest BCUT2D eigenvalue weighted by Crippen LogP contribution is -2.04. The second kappa shape index (κ2) is 4.59. The summed E-state index contributed by atoms with van der Waals surface area (Å²) in [5.41, 5.74) is 6.92. The normalized spacial score (nSPS) is 10.2. The van der Waals surface area contributed by atoms with Crippen LogP contribution in [0, 0.1) is 0 Å². The molecule has 0 aromatic heterocycles. The number of nitrogen functional groups attached to an aromatic ring is 1. The molecule has 0 aliphatic heterocycles. The summed E-state index contributed by atoms with van der Waals surface area (Å²) < 4.78 is 0.901. The van der Waals surface area contributed by atoms with Crippen LogP contribution in [0.5, 0.6) is 5.75 Å². The van der Waals surface area contributed by atoms with Crippen LogP contribution in [-0.2, 0) is 0 Å². The Morgan fingerprint density at radius 1 is 1.12 bits per heavy atom. The number of phenolic OH excluding ortho intramolecular Hbond substituents is 1. The maximum atomic E-state index is 12.1. The molecule has 0 radical (unpaired) electrons. The monoisotopic (exact) mass is 291 g/mol. The summed E-state index contributed by atoms with van der Waals surface area (Å²) in [6.45, 7) is 0. The van der Waals surface area contributed by atoms with Crippen LogP contribution < -0.4 is 5.73 Å². The lowest BCUT2D eigenvalue weighted by molar-refractivity contribution is 0.103. The molecule has 0 atom stereocenters. The van der Waals surface area contributed by atoms with Crippen LogP contribution in [0.4, 0.5) is 5.69 Å². The number of hydrogen-bond acceptors (Lipinski definition) is 3. The Kier molecular flexibility index (Phi) is 3.15. The van der Waals surface area contributed by atoms with Crippen LogP contribution in [0.2, 0.25) is 0 Å². The van der Waals surface area contributed by atoms with E-state index in [1.807, 2.05) is 0 Å². The van der Waals surface area contributed by atoms with Crippen LogP contribution in [0.1, 0.15) is 15.9 Å². The summed E-state index contributed by atoms with van der Waals surface area (Å²) in [5.74, 6) is -0.175. The van der Waals surface area contributed by atoms with Crippen molar-refractivity contribution in [2.24, 2.45) is 0 Å². The molecule has 0 saturated carbocycles. The van der Waals surface area contributed by atoms with E-state index in [0.717, 1.165) is 4.47 Å². The Morgan fingerprint density at radius 3 is 2.41 bits per heavy atom. The Hall–Kier alpha value is -1.81. The summed E-state index contributed by atoms with van der Waals surface area (Å²) in [7, 11) is 0. The maximum absolute atomic E-state index is 12.1. The fraction of sp³-hybridized carbons (Fsp3) is 0. The topological polar surface area (TPSA) is 63.3 Å². The number of nitrogens with two attached hydrogens (primary N) is 1. The van der Waals surface area contributed by atoms with Crippen molar-refractivity contribution in [1.29, 1.82) is 0 Å². The van der Waals surface area contributed by atoms with E-state index in [1.165, 1.54) is 18.2 Å². The van der Waals surface area contributed by atoms with Gasteiger partial charge in [0.2, 0.25) is 0 Å². The van der Waals surface area contributed by atoms with E-state index in [0.29, 0.717) is 16.8 Å². The van der Waals surface area contributed by atoms with Gasteiger partial charge in [-0.05, 0) is 42.5 Å². The lowest BCUT2D eigenvalue weighted by atomic mass is 10.0. The molecule has 0 aliphatic rings. The molecule has 0 amide bonds. The molecule has 2 rings (SSSR count). The number of anilines is 1. The summed E-state index contributed by atoms with van der Waals surface area (Å²) in [6, 6.07) is 11.3. The van der Waals surface area contributed by atoms with E-state index in [9.17, 15) is 9.90 Å². The maximum Gasteiger partial charge on any atom is 0.195 e. The number of aromatic hydroxyl groups is 1. The van der Waals surface area contributed by atoms with Crippen molar-refractivity contribution >= 4 is 27.4 Å². The molecule has 86 valence electrons. The number of phenols is 1. The Balaban J connectivity index is 2.43. The van der Waals surface area contributed by atoms with Crippen LogP contribution in [-0.4, -0.2) is 10.9 Å². The molecule has 0 bridgehead atoms. The van der Waals surface area contributed by atoms with Crippen molar-refractivity contribution < 1.29 is 9.90 Å². The van der Waals surface area contributed by atoms with Gasteiger partial charge in [0.05, 0.1) is 0 Å². The van der Waals surface area contributed by atoms with Gasteiger partial charge in [-0.3, -0.25) is 4.79 Å². The summed E-state index contributed by atoms with van der Waals surface area (Å²) in [4.78, 5) is 12.1. The standard InChI is InChI=1S/C13H10BrNO2/c14-9-3-1-8(2-4-9)13(17)11-7-10(16)5-6-12(11)15/h1-7,16H,15H2. The third-order valence-corrected chi connectivity index (χ3v) is 2.92. The minimum atomic E-state index is -0.203. The molecule has 2 aromatic rings. The van der Waals surface area contributed by atoms with E-state index >= 15 is 0 Å². The summed E-state index contributed by atoms with van der Waals surface area (Å²) in [6.07, 6.45) is 0. The fourth-order valence-electron chi connectivity index (χ4n) is 1.50. The van der Waals surface area contributed by atoms with Crippen LogP contribution in [0.15, 0.2) is 46.9 Å². The number of halogens is 1. The van der Waals surface area contributed by atoms with Gasteiger partial charge in [0.25, 0.3) is 0 Å². The Bertz CT molecular complexity index is 564. The molecular formula is C13H10BrNO2. The molecule has 0 spiro atoms. The van der Waals surface area contributed by atoms with E-state index in [1.54, 1.807) is 24.3 Å². The van der Waals surface area contributed by atoms with Gasteiger partial charge in [-0.1, -0.05) is 15.9 Å². The molecule has 0 saturated heterocycles. The highest BCUT2D eigenvalue weighted by Gasteiger charge is 2.12. The summed E-state index contributed by atoms with van der Waals surface area (Å²) >= 11 is 3.30. The quantitative estimate of drug-likeness (QED) is 0.508. The number of carbonyl (C=O) groups is 1. The first-order chi connectivity index (χ1) is 8.08. The number of rotatable bonds is 2. The van der Waals surface area contributed by atoms with Crippen molar-refractivity contribution in [2.75, 3.05) is 5.73 Å². The molecule has 3 nitrogen and oxygen atoms in total. The zero-order chi connectivity index (χ0) is 12.4. The van der Waals surface area contributed by atoms with Crippen LogP contribution >= 0.6 is 15.9 Å². The molecule has 3 N–H and O–H groups in total. The minimum absolute atomic E-state index is 0.0275. The zero-order valence-electron chi connectivity index (χ0n) is 8.85. The number of benzene rings is 2. The first-order valence-corrected chi connectivity index (χ1v) is 5.76. The third-order valence-electron chi connectivity index (χ3n) is 2.39. The third kappa shape index (κ3) is 2.47. The highest BCUT2D eigenvalue weighted by Crippen LogP contribution is 2.22. The average molecular weight is 292 g/mol. The largest absolute Gasteiger partial charge is 0.508 e. The predicted molar refractivity (Wildman–Crippen MR) is 70.1 cm³/mol. The molecule has 0 fully saturated rings. The molecule has 4 heteroatoms. The first-order valence-electron chi connectivity index (χ1n) is 4.96. The van der Waals surface area contributed by atoms with E-state index in [4.69, 9.17) is 5.73 Å². The van der Waals surface area contributed by atoms with Gasteiger partial charge in [-0.25, -0.2) is 0 Å². The second-order valence-electron chi connectivity index (χ2n) is 3.61. The van der Waals surface area contributed by atoms with Gasteiger partial charge in [-0.15, -0.1) is 0 Å². The fourth-order valence-corrected chi connectivity index (χ4v) is 1.76. The van der Waals surface area contributed by atoms with E-state index in [-0.39, 0.29) is 11.5 Å². The second-order valence-corrected chi connectivity index (χ2v) is 4.52. The zero-order valence-corrected chi connectivity index (χ0v) is 10.4. The first kappa shape index (κ1) is 11.7. The van der Waals surface area contributed by atoms with Gasteiger partial charge in [-0.2, -0.15) is 0 Å². The molecule has 2 aromatic carbocycles. The van der Waals surface area contributed by atoms with E-state index in [2.05, 4.69) is 15.9 Å². The van der Waals surface area contributed by atoms with Crippen molar-refractivity contribution in [3.05, 3.63) is 58.1 Å². The van der Waals surface area contributed by atoms with Crippen molar-refractivity contribution in [3.8, 4) is 5.75 Å². The van der Waals surface area contributed by atoms with Gasteiger partial charge in [0.1, 0.15) is 5.75 Å².